The fourth-order valence-electron chi connectivity index (χ4n) is 0.868. The molecular formula is C8H8FNO2S. The molecule has 0 aliphatic rings. The van der Waals surface area contributed by atoms with Crippen molar-refractivity contribution < 1.29 is 13.4 Å². The third-order valence-corrected chi connectivity index (χ3v) is 1.88. The largest absolute Gasteiger partial charge is 0.410 e. The number of nitrogens with two attached hydrogens (primary N) is 1. The van der Waals surface area contributed by atoms with Crippen LogP contribution in [0.3, 0.4) is 0 Å². The molecule has 3 nitrogen and oxygen atoms in total. The SMILES string of the molecule is Cc1ccc(OC(N)=O)c(SF)c1. The van der Waals surface area contributed by atoms with Gasteiger partial charge in [-0.2, -0.15) is 3.89 Å². The standard InChI is InChI=1S/C8H8FNO2S/c1-5-2-3-6(12-8(10)11)7(4-5)13-9/h2-4H,1H3,(H2,10,11). The van der Waals surface area contributed by atoms with Gasteiger partial charge in [-0.15, -0.1) is 0 Å². The van der Waals surface area contributed by atoms with Crippen LogP contribution in [0, 0.1) is 6.92 Å². The summed E-state index contributed by atoms with van der Waals surface area (Å²) in [5.74, 6) is 0.144. The Kier molecular flexibility index (Phi) is 3.13. The summed E-state index contributed by atoms with van der Waals surface area (Å²) in [6.45, 7) is 1.81. The van der Waals surface area contributed by atoms with Crippen LogP contribution in [0.15, 0.2) is 23.1 Å². The van der Waals surface area contributed by atoms with Gasteiger partial charge in [-0.1, -0.05) is 6.07 Å². The minimum Gasteiger partial charge on any atom is -0.409 e. The lowest BCUT2D eigenvalue weighted by molar-refractivity contribution is 0.209. The van der Waals surface area contributed by atoms with Crippen LogP contribution in [-0.2, 0) is 0 Å². The summed E-state index contributed by atoms with van der Waals surface area (Å²) >= 11 is 0.0188. The van der Waals surface area contributed by atoms with E-state index in [0.717, 1.165) is 5.56 Å². The maximum absolute atomic E-state index is 12.3. The lowest BCUT2D eigenvalue weighted by Gasteiger charge is -2.04. The van der Waals surface area contributed by atoms with Crippen molar-refractivity contribution in [3.8, 4) is 5.75 Å². The maximum Gasteiger partial charge on any atom is 0.410 e. The fraction of sp³-hybridized carbons (Fsp3) is 0.125. The molecule has 0 saturated carbocycles. The van der Waals surface area contributed by atoms with Gasteiger partial charge in [0.05, 0.1) is 17.0 Å². The summed E-state index contributed by atoms with van der Waals surface area (Å²) < 4.78 is 16.9. The molecule has 2 N–H and O–H groups in total. The van der Waals surface area contributed by atoms with Crippen LogP contribution in [0.5, 0.6) is 5.75 Å². The van der Waals surface area contributed by atoms with Gasteiger partial charge in [0.2, 0.25) is 0 Å². The van der Waals surface area contributed by atoms with E-state index in [2.05, 4.69) is 4.74 Å². The summed E-state index contributed by atoms with van der Waals surface area (Å²) in [5, 5.41) is 0. The minimum absolute atomic E-state index is 0.0188. The van der Waals surface area contributed by atoms with Crippen molar-refractivity contribution in [3.05, 3.63) is 23.8 Å². The molecule has 5 heteroatoms. The number of halogens is 1. The Bertz CT molecular complexity index is 330. The minimum atomic E-state index is -0.945. The molecule has 1 aromatic carbocycles. The van der Waals surface area contributed by atoms with Gasteiger partial charge in [0, 0.05) is 0 Å². The van der Waals surface area contributed by atoms with Gasteiger partial charge in [0.15, 0.2) is 0 Å². The number of hydrogen-bond acceptors (Lipinski definition) is 3. The van der Waals surface area contributed by atoms with Crippen LogP contribution >= 0.6 is 12.1 Å². The van der Waals surface area contributed by atoms with Gasteiger partial charge in [0.1, 0.15) is 5.75 Å². The molecule has 1 amide bonds. The molecule has 1 rings (SSSR count). The van der Waals surface area contributed by atoms with E-state index in [-0.39, 0.29) is 22.8 Å². The predicted octanol–water partition coefficient (Wildman–Crippen LogP) is 2.43. The summed E-state index contributed by atoms with van der Waals surface area (Å²) in [4.78, 5) is 10.6. The van der Waals surface area contributed by atoms with Crippen molar-refractivity contribution in [1.29, 1.82) is 0 Å². The van der Waals surface area contributed by atoms with E-state index >= 15 is 0 Å². The number of aryl methyl sites for hydroxylation is 1. The number of amides is 1. The van der Waals surface area contributed by atoms with Gasteiger partial charge in [0.25, 0.3) is 0 Å². The highest BCUT2D eigenvalue weighted by Crippen LogP contribution is 2.30. The van der Waals surface area contributed by atoms with E-state index in [4.69, 9.17) is 5.73 Å². The third kappa shape index (κ3) is 2.62. The van der Waals surface area contributed by atoms with E-state index in [1.165, 1.54) is 6.07 Å². The highest BCUT2D eigenvalue weighted by Gasteiger charge is 2.07. The molecule has 0 unspecified atom stereocenters. The normalized spacial score (nSPS) is 9.69. The molecule has 13 heavy (non-hydrogen) atoms. The number of carbonyl (C=O) groups is 1. The van der Waals surface area contributed by atoms with Crippen molar-refractivity contribution >= 4 is 18.2 Å². The second-order valence-corrected chi connectivity index (χ2v) is 3.04. The van der Waals surface area contributed by atoms with Crippen LogP contribution in [0.1, 0.15) is 5.56 Å². The number of hydrogen-bond donors (Lipinski definition) is 1. The number of rotatable bonds is 2. The lowest BCUT2D eigenvalue weighted by Crippen LogP contribution is -2.16. The van der Waals surface area contributed by atoms with Crippen molar-refractivity contribution in [1.82, 2.24) is 0 Å². The van der Waals surface area contributed by atoms with Crippen LogP contribution in [-0.4, -0.2) is 6.09 Å². The first kappa shape index (κ1) is 9.85. The molecular weight excluding hydrogens is 193 g/mol. The fourth-order valence-corrected chi connectivity index (χ4v) is 1.28. The van der Waals surface area contributed by atoms with E-state index in [1.807, 2.05) is 6.92 Å². The average Bonchev–Trinajstić information content (AvgIpc) is 2.07. The second kappa shape index (κ2) is 4.13. The molecule has 0 radical (unpaired) electrons. The number of ether oxygens (including phenoxy) is 1. The van der Waals surface area contributed by atoms with Crippen LogP contribution in [0.25, 0.3) is 0 Å². The molecule has 0 aliphatic heterocycles. The molecule has 0 saturated heterocycles. The van der Waals surface area contributed by atoms with Crippen LogP contribution in [0.4, 0.5) is 8.68 Å². The average molecular weight is 201 g/mol. The Hall–Kier alpha value is -1.23. The van der Waals surface area contributed by atoms with Crippen LogP contribution < -0.4 is 10.5 Å². The van der Waals surface area contributed by atoms with Gasteiger partial charge < -0.3 is 10.5 Å². The van der Waals surface area contributed by atoms with E-state index in [9.17, 15) is 8.68 Å². The Morgan fingerprint density at radius 3 is 2.85 bits per heavy atom. The molecule has 70 valence electrons. The van der Waals surface area contributed by atoms with E-state index in [0.29, 0.717) is 0 Å². The highest BCUT2D eigenvalue weighted by molar-refractivity contribution is 7.94. The van der Waals surface area contributed by atoms with Crippen molar-refractivity contribution in [2.75, 3.05) is 0 Å². The predicted molar refractivity (Wildman–Crippen MR) is 48.4 cm³/mol. The Morgan fingerprint density at radius 2 is 2.31 bits per heavy atom. The Balaban J connectivity index is 2.99. The van der Waals surface area contributed by atoms with Crippen molar-refractivity contribution in [3.63, 3.8) is 0 Å². The Morgan fingerprint density at radius 1 is 1.62 bits per heavy atom. The lowest BCUT2D eigenvalue weighted by atomic mass is 10.2. The summed E-state index contributed by atoms with van der Waals surface area (Å²) in [5.41, 5.74) is 5.68. The Labute approximate surface area is 79.4 Å². The molecule has 0 fully saturated rings. The first-order chi connectivity index (χ1) is 6.13. The summed E-state index contributed by atoms with van der Waals surface area (Å²) in [7, 11) is 0. The molecule has 1 aromatic rings. The monoisotopic (exact) mass is 201 g/mol. The van der Waals surface area contributed by atoms with Crippen LogP contribution in [0.2, 0.25) is 0 Å². The zero-order valence-electron chi connectivity index (χ0n) is 6.91. The van der Waals surface area contributed by atoms with Gasteiger partial charge in [-0.3, -0.25) is 0 Å². The third-order valence-electron chi connectivity index (χ3n) is 1.39. The maximum atomic E-state index is 12.3. The zero-order valence-corrected chi connectivity index (χ0v) is 7.73. The number of benzene rings is 1. The molecule has 0 bridgehead atoms. The summed E-state index contributed by atoms with van der Waals surface area (Å²) in [6, 6.07) is 4.78. The summed E-state index contributed by atoms with van der Waals surface area (Å²) in [6.07, 6.45) is -0.945. The highest BCUT2D eigenvalue weighted by atomic mass is 32.2. The van der Waals surface area contributed by atoms with Crippen molar-refractivity contribution in [2.24, 2.45) is 5.73 Å². The van der Waals surface area contributed by atoms with E-state index < -0.39 is 6.09 Å². The van der Waals surface area contributed by atoms with E-state index in [1.54, 1.807) is 12.1 Å². The molecule has 0 spiro atoms. The quantitative estimate of drug-likeness (QED) is 0.799. The first-order valence-electron chi connectivity index (χ1n) is 3.50. The second-order valence-electron chi connectivity index (χ2n) is 2.45. The molecule has 0 heterocycles. The number of carbonyl (C=O) groups excluding carboxylic acids is 1. The van der Waals surface area contributed by atoms with Crippen molar-refractivity contribution in [2.45, 2.75) is 11.8 Å². The smallest absolute Gasteiger partial charge is 0.409 e. The molecule has 0 aromatic heterocycles. The number of primary amides is 1. The molecule has 0 atom stereocenters. The van der Waals surface area contributed by atoms with Gasteiger partial charge >= 0.3 is 6.09 Å². The van der Waals surface area contributed by atoms with Gasteiger partial charge in [-0.05, 0) is 24.6 Å². The first-order valence-corrected chi connectivity index (χ1v) is 4.21. The molecule has 0 aliphatic carbocycles. The zero-order chi connectivity index (χ0) is 9.84. The van der Waals surface area contributed by atoms with Gasteiger partial charge in [-0.25, -0.2) is 4.79 Å². The topological polar surface area (TPSA) is 52.3 Å².